The average molecular weight is 514 g/mol. The molecule has 7 nitrogen and oxygen atoms in total. The maximum atomic E-state index is 13.6. The first-order chi connectivity index (χ1) is 17.9. The molecular formula is C29H27N3O4S. The van der Waals surface area contributed by atoms with Gasteiger partial charge in [0.25, 0.3) is 10.0 Å². The van der Waals surface area contributed by atoms with Crippen molar-refractivity contribution in [2.75, 3.05) is 11.4 Å². The lowest BCUT2D eigenvalue weighted by molar-refractivity contribution is -0.132. The molecule has 4 rings (SSSR count). The summed E-state index contributed by atoms with van der Waals surface area (Å²) in [4.78, 5) is 32.4. The molecule has 0 aliphatic rings. The van der Waals surface area contributed by atoms with Crippen LogP contribution in [0.15, 0.2) is 108 Å². The molecule has 1 aromatic heterocycles. The van der Waals surface area contributed by atoms with Crippen LogP contribution in [-0.2, 0) is 19.6 Å². The van der Waals surface area contributed by atoms with E-state index in [2.05, 4.69) is 9.71 Å². The second kappa shape index (κ2) is 11.6. The number of aromatic nitrogens is 1. The summed E-state index contributed by atoms with van der Waals surface area (Å²) in [6.45, 7) is 2.12. The number of hydrogen-bond acceptors (Lipinski definition) is 5. The molecule has 1 unspecified atom stereocenters. The Morgan fingerprint density at radius 3 is 2.38 bits per heavy atom. The molecule has 1 heterocycles. The van der Waals surface area contributed by atoms with Crippen LogP contribution in [0.5, 0.6) is 0 Å². The van der Waals surface area contributed by atoms with E-state index in [1.807, 2.05) is 30.3 Å². The summed E-state index contributed by atoms with van der Waals surface area (Å²) in [6.07, 6.45) is 6.74. The molecule has 8 heteroatoms. The molecule has 0 spiro atoms. The molecule has 37 heavy (non-hydrogen) atoms. The molecule has 0 saturated carbocycles. The summed E-state index contributed by atoms with van der Waals surface area (Å²) < 4.78 is 28.4. The summed E-state index contributed by atoms with van der Waals surface area (Å²) in [5.41, 5.74) is 1.43. The van der Waals surface area contributed by atoms with Crippen LogP contribution in [0.2, 0.25) is 0 Å². The Morgan fingerprint density at radius 2 is 1.68 bits per heavy atom. The van der Waals surface area contributed by atoms with Gasteiger partial charge < -0.3 is 4.90 Å². The normalized spacial score (nSPS) is 12.4. The Labute approximate surface area is 216 Å². The van der Waals surface area contributed by atoms with E-state index in [4.69, 9.17) is 0 Å². The van der Waals surface area contributed by atoms with E-state index < -0.39 is 27.8 Å². The van der Waals surface area contributed by atoms with E-state index in [0.29, 0.717) is 12.2 Å². The van der Waals surface area contributed by atoms with Gasteiger partial charge in [0.1, 0.15) is 5.92 Å². The Kier molecular flexibility index (Phi) is 8.10. The molecule has 3 aromatic carbocycles. The summed E-state index contributed by atoms with van der Waals surface area (Å²) in [7, 11) is -4.21. The van der Waals surface area contributed by atoms with Gasteiger partial charge in [0.15, 0.2) is 0 Å². The first kappa shape index (κ1) is 25.8. The number of benzene rings is 3. The molecule has 0 fully saturated rings. The van der Waals surface area contributed by atoms with Gasteiger partial charge in [0, 0.05) is 24.6 Å². The van der Waals surface area contributed by atoms with Crippen LogP contribution in [0.25, 0.3) is 16.8 Å². The van der Waals surface area contributed by atoms with E-state index in [0.717, 1.165) is 16.3 Å². The maximum absolute atomic E-state index is 13.6. The predicted molar refractivity (Wildman–Crippen MR) is 145 cm³/mol. The number of nitrogens with one attached hydrogen (secondary N) is 1. The molecule has 0 aliphatic carbocycles. The lowest BCUT2D eigenvalue weighted by Crippen LogP contribution is -2.45. The summed E-state index contributed by atoms with van der Waals surface area (Å²) >= 11 is 0. The monoisotopic (exact) mass is 513 g/mol. The highest BCUT2D eigenvalue weighted by Gasteiger charge is 2.33. The third kappa shape index (κ3) is 6.29. The van der Waals surface area contributed by atoms with Crippen LogP contribution in [0.4, 0.5) is 5.69 Å². The SMILES string of the molecule is CCN(C(=O)C(C/C=C/c1cccnc1)C(=O)NS(=O)(=O)c1ccc2ccccc2c1)c1ccccc1. The van der Waals surface area contributed by atoms with Crippen LogP contribution in [0.3, 0.4) is 0 Å². The van der Waals surface area contributed by atoms with Gasteiger partial charge in [-0.1, -0.05) is 66.7 Å². The fourth-order valence-corrected chi connectivity index (χ4v) is 5.05. The number of carbonyl (C=O) groups is 2. The minimum atomic E-state index is -4.21. The van der Waals surface area contributed by atoms with Gasteiger partial charge in [0.05, 0.1) is 4.90 Å². The van der Waals surface area contributed by atoms with E-state index in [1.165, 1.54) is 17.0 Å². The molecule has 0 saturated heterocycles. The zero-order valence-electron chi connectivity index (χ0n) is 20.3. The number of nitrogens with zero attached hydrogens (tertiary/aromatic N) is 2. The number of fused-ring (bicyclic) bond motifs is 1. The smallest absolute Gasteiger partial charge is 0.264 e. The van der Waals surface area contributed by atoms with Crippen molar-refractivity contribution in [2.24, 2.45) is 5.92 Å². The van der Waals surface area contributed by atoms with Crippen molar-refractivity contribution in [2.45, 2.75) is 18.2 Å². The van der Waals surface area contributed by atoms with Crippen molar-refractivity contribution in [1.29, 1.82) is 0 Å². The molecule has 1 N–H and O–H groups in total. The highest BCUT2D eigenvalue weighted by molar-refractivity contribution is 7.90. The van der Waals surface area contributed by atoms with Crippen LogP contribution >= 0.6 is 0 Å². The topological polar surface area (TPSA) is 96.4 Å². The molecule has 4 aromatic rings. The predicted octanol–water partition coefficient (Wildman–Crippen LogP) is 4.81. The zero-order chi connectivity index (χ0) is 26.3. The standard InChI is InChI=1S/C29H27N3O4S/c1-2-32(25-14-4-3-5-15-25)29(34)27(16-8-10-22-11-9-19-30-21-22)28(33)31-37(35,36)26-18-17-23-12-6-7-13-24(23)20-26/h3-15,17-21,27H,2,16H2,1H3,(H,31,33)/b10-8+. The molecule has 0 aliphatic heterocycles. The summed E-state index contributed by atoms with van der Waals surface area (Å²) in [5, 5.41) is 1.61. The Hall–Kier alpha value is -4.30. The van der Waals surface area contributed by atoms with Crippen molar-refractivity contribution in [3.8, 4) is 0 Å². The van der Waals surface area contributed by atoms with Crippen LogP contribution in [-0.4, -0.2) is 31.8 Å². The second-order valence-corrected chi connectivity index (χ2v) is 10.1. The molecule has 0 bridgehead atoms. The number of amides is 2. The highest BCUT2D eigenvalue weighted by atomic mass is 32.2. The third-order valence-corrected chi connectivity index (χ3v) is 7.24. The van der Waals surface area contributed by atoms with Gasteiger partial charge in [0.2, 0.25) is 11.8 Å². The highest BCUT2D eigenvalue weighted by Crippen LogP contribution is 2.22. The van der Waals surface area contributed by atoms with Gasteiger partial charge in [-0.05, 0) is 60.0 Å². The van der Waals surface area contributed by atoms with E-state index in [-0.39, 0.29) is 11.3 Å². The van der Waals surface area contributed by atoms with E-state index in [1.54, 1.807) is 73.9 Å². The van der Waals surface area contributed by atoms with Gasteiger partial charge in [-0.2, -0.15) is 0 Å². The summed E-state index contributed by atoms with van der Waals surface area (Å²) in [5.74, 6) is -2.64. The largest absolute Gasteiger partial charge is 0.312 e. The Morgan fingerprint density at radius 1 is 0.946 bits per heavy atom. The van der Waals surface area contributed by atoms with Crippen molar-refractivity contribution < 1.29 is 18.0 Å². The van der Waals surface area contributed by atoms with Gasteiger partial charge >= 0.3 is 0 Å². The van der Waals surface area contributed by atoms with Crippen LogP contribution in [0, 0.1) is 5.92 Å². The van der Waals surface area contributed by atoms with Crippen LogP contribution < -0.4 is 9.62 Å². The third-order valence-electron chi connectivity index (χ3n) is 5.90. The van der Waals surface area contributed by atoms with Crippen molar-refractivity contribution in [3.63, 3.8) is 0 Å². The molecule has 0 radical (unpaired) electrons. The van der Waals surface area contributed by atoms with Crippen LogP contribution in [0.1, 0.15) is 18.9 Å². The second-order valence-electron chi connectivity index (χ2n) is 8.37. The lowest BCUT2D eigenvalue weighted by atomic mass is 10.0. The molecule has 1 atom stereocenters. The fraction of sp³-hybridized carbons (Fsp3) is 0.138. The van der Waals surface area contributed by atoms with Crippen molar-refractivity contribution in [1.82, 2.24) is 9.71 Å². The molecule has 2 amide bonds. The quantitative estimate of drug-likeness (QED) is 0.324. The first-order valence-corrected chi connectivity index (χ1v) is 13.4. The fourth-order valence-electron chi connectivity index (χ4n) is 3.99. The number of pyridine rings is 1. The lowest BCUT2D eigenvalue weighted by Gasteiger charge is -2.25. The Balaban J connectivity index is 1.62. The van der Waals surface area contributed by atoms with Crippen molar-refractivity contribution >= 4 is 44.4 Å². The molecule has 188 valence electrons. The molecular weight excluding hydrogens is 486 g/mol. The van der Waals surface area contributed by atoms with E-state index in [9.17, 15) is 18.0 Å². The number of anilines is 1. The number of allylic oxidation sites excluding steroid dienone is 1. The zero-order valence-corrected chi connectivity index (χ0v) is 21.1. The van der Waals surface area contributed by atoms with Gasteiger partial charge in [-0.15, -0.1) is 0 Å². The minimum Gasteiger partial charge on any atom is -0.312 e. The first-order valence-electron chi connectivity index (χ1n) is 11.9. The van der Waals surface area contributed by atoms with E-state index >= 15 is 0 Å². The number of carbonyl (C=O) groups excluding carboxylic acids is 2. The van der Waals surface area contributed by atoms with Gasteiger partial charge in [-0.3, -0.25) is 14.6 Å². The van der Waals surface area contributed by atoms with Crippen molar-refractivity contribution in [3.05, 3.63) is 109 Å². The number of sulfonamides is 1. The number of hydrogen-bond donors (Lipinski definition) is 1. The average Bonchev–Trinajstić information content (AvgIpc) is 2.92. The summed E-state index contributed by atoms with van der Waals surface area (Å²) in [6, 6.07) is 24.6. The van der Waals surface area contributed by atoms with Gasteiger partial charge in [-0.25, -0.2) is 13.1 Å². The Bertz CT molecular complexity index is 1520. The number of para-hydroxylation sites is 1. The number of rotatable bonds is 9. The minimum absolute atomic E-state index is 0.0101. The maximum Gasteiger partial charge on any atom is 0.264 e.